The molecule has 0 bridgehead atoms. The minimum absolute atomic E-state index is 0.0581. The Labute approximate surface area is 213 Å². The number of aliphatic carboxylic acids is 1. The zero-order valence-electron chi connectivity index (χ0n) is 20.2. The molecule has 190 valence electrons. The van der Waals surface area contributed by atoms with Gasteiger partial charge >= 0.3 is 11.9 Å². The van der Waals surface area contributed by atoms with Crippen molar-refractivity contribution >= 4 is 23.5 Å². The van der Waals surface area contributed by atoms with Gasteiger partial charge in [0.25, 0.3) is 0 Å². The van der Waals surface area contributed by atoms with E-state index < -0.39 is 17.9 Å². The molecular formula is C29H27NO7. The molecule has 1 aliphatic heterocycles. The number of benzene rings is 2. The van der Waals surface area contributed by atoms with Gasteiger partial charge in [0, 0.05) is 41.3 Å². The summed E-state index contributed by atoms with van der Waals surface area (Å²) in [6.45, 7) is -0.132. The molecule has 8 heteroatoms. The minimum atomic E-state index is -1.18. The van der Waals surface area contributed by atoms with Crippen LogP contribution >= 0.6 is 0 Å². The second-order valence-corrected chi connectivity index (χ2v) is 9.52. The quantitative estimate of drug-likeness (QED) is 0.570. The van der Waals surface area contributed by atoms with Gasteiger partial charge in [-0.05, 0) is 48.9 Å². The lowest BCUT2D eigenvalue weighted by atomic mass is 9.70. The largest absolute Gasteiger partial charge is 0.488 e. The van der Waals surface area contributed by atoms with E-state index in [1.807, 2.05) is 30.3 Å². The molecule has 0 atom stereocenters. The van der Waals surface area contributed by atoms with Crippen molar-refractivity contribution in [3.8, 4) is 5.75 Å². The van der Waals surface area contributed by atoms with Crippen molar-refractivity contribution < 1.29 is 34.1 Å². The molecule has 1 heterocycles. The van der Waals surface area contributed by atoms with E-state index in [0.29, 0.717) is 66.6 Å². The number of carbonyl (C=O) groups is 4. The molecular weight excluding hydrogens is 474 g/mol. The molecule has 0 unspecified atom stereocenters. The Morgan fingerprint density at radius 3 is 2.05 bits per heavy atom. The van der Waals surface area contributed by atoms with Crippen LogP contribution in [-0.4, -0.2) is 45.2 Å². The molecule has 3 aliphatic rings. The third kappa shape index (κ3) is 4.67. The van der Waals surface area contributed by atoms with Crippen molar-refractivity contribution in [2.24, 2.45) is 0 Å². The van der Waals surface area contributed by atoms with Crippen LogP contribution in [0, 0.1) is 0 Å². The summed E-state index contributed by atoms with van der Waals surface area (Å²) in [5, 5.41) is 19.6. The van der Waals surface area contributed by atoms with Gasteiger partial charge < -0.3 is 19.8 Å². The third-order valence-corrected chi connectivity index (χ3v) is 7.18. The van der Waals surface area contributed by atoms with E-state index in [4.69, 9.17) is 4.74 Å². The van der Waals surface area contributed by atoms with Crippen molar-refractivity contribution in [2.45, 2.75) is 51.0 Å². The van der Waals surface area contributed by atoms with Gasteiger partial charge in [-0.15, -0.1) is 0 Å². The average Bonchev–Trinajstić information content (AvgIpc) is 2.88. The highest BCUT2D eigenvalue weighted by Gasteiger charge is 2.43. The lowest BCUT2D eigenvalue weighted by Gasteiger charge is -2.43. The number of rotatable bonds is 7. The fourth-order valence-corrected chi connectivity index (χ4v) is 5.63. The first-order valence-corrected chi connectivity index (χ1v) is 12.4. The first-order valence-electron chi connectivity index (χ1n) is 12.4. The van der Waals surface area contributed by atoms with Crippen LogP contribution in [0.5, 0.6) is 5.75 Å². The third-order valence-electron chi connectivity index (χ3n) is 7.18. The van der Waals surface area contributed by atoms with Crippen molar-refractivity contribution in [1.82, 2.24) is 4.90 Å². The van der Waals surface area contributed by atoms with Gasteiger partial charge in [-0.1, -0.05) is 36.4 Å². The van der Waals surface area contributed by atoms with E-state index >= 15 is 0 Å². The predicted octanol–water partition coefficient (Wildman–Crippen LogP) is 4.46. The van der Waals surface area contributed by atoms with E-state index in [9.17, 15) is 29.4 Å². The Balaban J connectivity index is 1.61. The van der Waals surface area contributed by atoms with Gasteiger partial charge in [-0.3, -0.25) is 14.4 Å². The molecule has 2 aromatic rings. The highest BCUT2D eigenvalue weighted by molar-refractivity contribution is 6.06. The summed E-state index contributed by atoms with van der Waals surface area (Å²) in [4.78, 5) is 52.1. The van der Waals surface area contributed by atoms with E-state index in [2.05, 4.69) is 0 Å². The number of hydrogen-bond acceptors (Lipinski definition) is 6. The van der Waals surface area contributed by atoms with Crippen LogP contribution < -0.4 is 4.74 Å². The molecule has 2 aromatic carbocycles. The van der Waals surface area contributed by atoms with Crippen LogP contribution in [0.3, 0.4) is 0 Å². The Bertz CT molecular complexity index is 1310. The second-order valence-electron chi connectivity index (χ2n) is 9.52. The van der Waals surface area contributed by atoms with Gasteiger partial charge in [0.2, 0.25) is 0 Å². The molecule has 0 saturated heterocycles. The number of hydrogen-bond donors (Lipinski definition) is 2. The van der Waals surface area contributed by atoms with Crippen molar-refractivity contribution in [1.29, 1.82) is 0 Å². The SMILES string of the molecule is O=C(O)CN1C2=C(C(=O)CCC2)C(c2ccc(OCc3ccccc3)c(C(=O)O)c2)C2=C1CCCC2=O. The van der Waals surface area contributed by atoms with E-state index in [0.717, 1.165) is 5.56 Å². The number of ether oxygens (including phenoxy) is 1. The van der Waals surface area contributed by atoms with Crippen LogP contribution in [0.15, 0.2) is 71.1 Å². The normalized spacial score (nSPS) is 18.0. The summed E-state index contributed by atoms with van der Waals surface area (Å²) in [6.07, 6.45) is 2.86. The summed E-state index contributed by atoms with van der Waals surface area (Å²) < 4.78 is 5.83. The Morgan fingerprint density at radius 1 is 0.865 bits per heavy atom. The molecule has 0 aromatic heterocycles. The fourth-order valence-electron chi connectivity index (χ4n) is 5.63. The number of carboxylic acid groups (broad SMARTS) is 2. The van der Waals surface area contributed by atoms with Crippen molar-refractivity contribution in [3.05, 3.63) is 87.8 Å². The van der Waals surface area contributed by atoms with Gasteiger partial charge in [-0.2, -0.15) is 0 Å². The van der Waals surface area contributed by atoms with Crippen LogP contribution in [0.25, 0.3) is 0 Å². The lowest BCUT2D eigenvalue weighted by molar-refractivity contribution is -0.138. The number of allylic oxidation sites excluding steroid dienone is 4. The van der Waals surface area contributed by atoms with Crippen molar-refractivity contribution in [3.63, 3.8) is 0 Å². The summed E-state index contributed by atoms with van der Waals surface area (Å²) in [5.41, 5.74) is 3.45. The molecule has 0 spiro atoms. The lowest BCUT2D eigenvalue weighted by Crippen LogP contribution is -2.41. The first kappa shape index (κ1) is 24.5. The molecule has 2 N–H and O–H groups in total. The number of carbonyl (C=O) groups excluding carboxylic acids is 2. The Hall–Kier alpha value is -4.20. The Kier molecular flexibility index (Phi) is 6.65. The van der Waals surface area contributed by atoms with Gasteiger partial charge in [0.1, 0.15) is 24.5 Å². The van der Waals surface area contributed by atoms with Crippen molar-refractivity contribution in [2.75, 3.05) is 6.54 Å². The summed E-state index contributed by atoms with van der Waals surface area (Å²) >= 11 is 0. The topological polar surface area (TPSA) is 121 Å². The number of ketones is 2. The maximum absolute atomic E-state index is 13.3. The van der Waals surface area contributed by atoms with Gasteiger partial charge in [0.15, 0.2) is 11.6 Å². The number of nitrogens with zero attached hydrogens (tertiary/aromatic N) is 1. The summed E-state index contributed by atoms with van der Waals surface area (Å²) in [7, 11) is 0. The fraction of sp³-hybridized carbons (Fsp3) is 0.310. The Morgan fingerprint density at radius 2 is 1.49 bits per heavy atom. The van der Waals surface area contributed by atoms with Gasteiger partial charge in [-0.25, -0.2) is 4.79 Å². The zero-order chi connectivity index (χ0) is 26.1. The summed E-state index contributed by atoms with van der Waals surface area (Å²) in [5.74, 6) is -3.02. The van der Waals surface area contributed by atoms with Gasteiger partial charge in [0.05, 0.1) is 0 Å². The molecule has 0 radical (unpaired) electrons. The van der Waals surface area contributed by atoms with E-state index in [1.54, 1.807) is 17.0 Å². The molecule has 37 heavy (non-hydrogen) atoms. The smallest absolute Gasteiger partial charge is 0.339 e. The first-order chi connectivity index (χ1) is 17.8. The van der Waals surface area contributed by atoms with Crippen LogP contribution in [0.4, 0.5) is 0 Å². The molecule has 5 rings (SSSR count). The molecule has 8 nitrogen and oxygen atoms in total. The van der Waals surface area contributed by atoms with E-state index in [1.165, 1.54) is 6.07 Å². The van der Waals surface area contributed by atoms with Crippen LogP contribution in [0.2, 0.25) is 0 Å². The molecule has 2 aliphatic carbocycles. The standard InChI is InChI=1S/C29H27NO7/c31-22-10-4-8-20-27(22)26(28-21(9-5-11-23(28)32)30(20)15-25(33)34)18-12-13-24(19(14-18)29(35)36)37-16-17-6-2-1-3-7-17/h1-3,6-7,12-14,26H,4-5,8-11,15-16H2,(H,33,34)(H,35,36). The number of Topliss-reactive ketones (excluding diaryl/α,β-unsaturated/α-hetero) is 2. The zero-order valence-corrected chi connectivity index (χ0v) is 20.2. The highest BCUT2D eigenvalue weighted by atomic mass is 16.5. The van der Waals surface area contributed by atoms with E-state index in [-0.39, 0.29) is 36.0 Å². The van der Waals surface area contributed by atoms with Crippen LogP contribution in [0.1, 0.15) is 65.9 Å². The molecule has 0 amide bonds. The number of aromatic carboxylic acids is 1. The minimum Gasteiger partial charge on any atom is -0.488 e. The maximum Gasteiger partial charge on any atom is 0.339 e. The average molecular weight is 502 g/mol. The van der Waals surface area contributed by atoms with Crippen LogP contribution in [-0.2, 0) is 21.0 Å². The predicted molar refractivity (Wildman–Crippen MR) is 133 cm³/mol. The molecule has 0 fully saturated rings. The highest BCUT2D eigenvalue weighted by Crippen LogP contribution is 2.49. The number of carboxylic acids is 2. The maximum atomic E-state index is 13.3. The molecule has 0 saturated carbocycles. The second kappa shape index (κ2) is 10.0. The monoisotopic (exact) mass is 501 g/mol. The summed E-state index contributed by atoms with van der Waals surface area (Å²) in [6, 6.07) is 14.2.